The van der Waals surface area contributed by atoms with E-state index in [2.05, 4.69) is 0 Å². The van der Waals surface area contributed by atoms with Gasteiger partial charge in [0.05, 0.1) is 7.11 Å². The minimum atomic E-state index is -0.816. The Bertz CT molecular complexity index is 361. The van der Waals surface area contributed by atoms with Crippen LogP contribution < -0.4 is 9.47 Å². The summed E-state index contributed by atoms with van der Waals surface area (Å²) in [5, 5.41) is 0. The summed E-state index contributed by atoms with van der Waals surface area (Å²) in [5.41, 5.74) is -0.694. The van der Waals surface area contributed by atoms with Crippen molar-refractivity contribution in [2.24, 2.45) is 5.92 Å². The van der Waals surface area contributed by atoms with E-state index in [-0.39, 0.29) is 5.92 Å². The molecule has 1 atom stereocenters. The lowest BCUT2D eigenvalue weighted by Crippen LogP contribution is -2.20. The zero-order valence-corrected chi connectivity index (χ0v) is 10.7. The number of halogens is 1. The summed E-state index contributed by atoms with van der Waals surface area (Å²) >= 11 is 5.78. The Morgan fingerprint density at radius 1 is 1.18 bits per heavy atom. The van der Waals surface area contributed by atoms with Crippen molar-refractivity contribution in [1.82, 2.24) is 0 Å². The first-order valence-corrected chi connectivity index (χ1v) is 5.63. The van der Waals surface area contributed by atoms with Crippen molar-refractivity contribution in [3.05, 3.63) is 24.3 Å². The molecule has 0 amide bonds. The summed E-state index contributed by atoms with van der Waals surface area (Å²) < 4.78 is 14.8. The first-order chi connectivity index (χ1) is 8.02. The van der Waals surface area contributed by atoms with Gasteiger partial charge < -0.3 is 14.2 Å². The number of ether oxygens (including phenoxy) is 3. The van der Waals surface area contributed by atoms with Crippen molar-refractivity contribution < 1.29 is 19.0 Å². The highest BCUT2D eigenvalue weighted by molar-refractivity contribution is 6.20. The summed E-state index contributed by atoms with van der Waals surface area (Å²) in [6.07, 6.45) is -0.816. The van der Waals surface area contributed by atoms with E-state index in [1.807, 2.05) is 13.8 Å². The van der Waals surface area contributed by atoms with Crippen LogP contribution in [0.2, 0.25) is 0 Å². The Kier molecular flexibility index (Phi) is 5.10. The van der Waals surface area contributed by atoms with E-state index in [9.17, 15) is 4.79 Å². The third kappa shape index (κ3) is 4.53. The molecule has 0 heterocycles. The molecular formula is C12H15ClO4. The maximum atomic E-state index is 11.3. The van der Waals surface area contributed by atoms with Crippen molar-refractivity contribution in [1.29, 1.82) is 0 Å². The predicted octanol–water partition coefficient (Wildman–Crippen LogP) is 3.43. The lowest BCUT2D eigenvalue weighted by molar-refractivity contribution is 0.0725. The molecule has 1 rings (SSSR count). The van der Waals surface area contributed by atoms with Gasteiger partial charge in [0.25, 0.3) is 0 Å². The van der Waals surface area contributed by atoms with Gasteiger partial charge in [0.1, 0.15) is 11.5 Å². The van der Waals surface area contributed by atoms with E-state index in [0.717, 1.165) is 0 Å². The molecule has 0 saturated heterocycles. The highest BCUT2D eigenvalue weighted by Crippen LogP contribution is 2.18. The molecule has 0 aliphatic carbocycles. The van der Waals surface area contributed by atoms with Crippen molar-refractivity contribution in [3.8, 4) is 11.5 Å². The second-order valence-electron chi connectivity index (χ2n) is 3.74. The van der Waals surface area contributed by atoms with Crippen LogP contribution in [0.5, 0.6) is 11.5 Å². The fourth-order valence-electron chi connectivity index (χ4n) is 0.992. The van der Waals surface area contributed by atoms with Gasteiger partial charge >= 0.3 is 6.16 Å². The number of methoxy groups -OCH3 is 1. The molecule has 17 heavy (non-hydrogen) atoms. The van der Waals surface area contributed by atoms with Crippen LogP contribution in [-0.2, 0) is 4.74 Å². The number of hydrogen-bond acceptors (Lipinski definition) is 4. The number of carbonyl (C=O) groups is 1. The molecule has 94 valence electrons. The van der Waals surface area contributed by atoms with Crippen LogP contribution in [0.4, 0.5) is 4.79 Å². The normalized spacial score (nSPS) is 12.1. The SMILES string of the molecule is COc1ccc(OC(=O)OC(Cl)C(C)C)cc1. The molecule has 1 aromatic carbocycles. The van der Waals surface area contributed by atoms with Gasteiger partial charge in [0, 0.05) is 5.92 Å². The lowest BCUT2D eigenvalue weighted by atomic mass is 10.2. The third-order valence-electron chi connectivity index (χ3n) is 1.99. The summed E-state index contributed by atoms with van der Waals surface area (Å²) in [7, 11) is 1.56. The Morgan fingerprint density at radius 3 is 2.18 bits per heavy atom. The molecule has 0 N–H and O–H groups in total. The van der Waals surface area contributed by atoms with E-state index in [1.54, 1.807) is 31.4 Å². The van der Waals surface area contributed by atoms with Gasteiger partial charge in [-0.1, -0.05) is 25.4 Å². The Hall–Kier alpha value is -1.42. The zero-order valence-electron chi connectivity index (χ0n) is 9.98. The van der Waals surface area contributed by atoms with E-state index in [1.165, 1.54) is 0 Å². The Labute approximate surface area is 105 Å². The average molecular weight is 259 g/mol. The predicted molar refractivity (Wildman–Crippen MR) is 64.6 cm³/mol. The largest absolute Gasteiger partial charge is 0.515 e. The molecule has 0 radical (unpaired) electrons. The molecule has 1 unspecified atom stereocenters. The van der Waals surface area contributed by atoms with Crippen LogP contribution >= 0.6 is 11.6 Å². The molecule has 0 aromatic heterocycles. The van der Waals surface area contributed by atoms with Gasteiger partial charge in [0.2, 0.25) is 0 Å². The molecule has 0 aliphatic rings. The van der Waals surface area contributed by atoms with E-state index in [4.69, 9.17) is 25.8 Å². The van der Waals surface area contributed by atoms with E-state index < -0.39 is 11.7 Å². The molecule has 5 heteroatoms. The van der Waals surface area contributed by atoms with Crippen molar-refractivity contribution in [2.45, 2.75) is 19.4 Å². The molecule has 0 aliphatic heterocycles. The topological polar surface area (TPSA) is 44.8 Å². The van der Waals surface area contributed by atoms with Crippen LogP contribution in [0.15, 0.2) is 24.3 Å². The van der Waals surface area contributed by atoms with Gasteiger partial charge in [0.15, 0.2) is 5.56 Å². The fraction of sp³-hybridized carbons (Fsp3) is 0.417. The Morgan fingerprint density at radius 2 is 1.71 bits per heavy atom. The maximum Gasteiger partial charge on any atom is 0.515 e. The van der Waals surface area contributed by atoms with Crippen molar-refractivity contribution in [3.63, 3.8) is 0 Å². The molecular weight excluding hydrogens is 244 g/mol. The van der Waals surface area contributed by atoms with Crippen LogP contribution in [-0.4, -0.2) is 18.8 Å². The molecule has 0 fully saturated rings. The molecule has 0 saturated carbocycles. The third-order valence-corrected chi connectivity index (χ3v) is 2.59. The van der Waals surface area contributed by atoms with Crippen LogP contribution in [0.3, 0.4) is 0 Å². The highest BCUT2D eigenvalue weighted by Gasteiger charge is 2.16. The molecule has 0 spiro atoms. The zero-order chi connectivity index (χ0) is 12.8. The molecule has 4 nitrogen and oxygen atoms in total. The van der Waals surface area contributed by atoms with Crippen LogP contribution in [0, 0.1) is 5.92 Å². The van der Waals surface area contributed by atoms with Gasteiger partial charge in [-0.25, -0.2) is 4.79 Å². The number of hydrogen-bond donors (Lipinski definition) is 0. The Balaban J connectivity index is 2.50. The van der Waals surface area contributed by atoms with Crippen molar-refractivity contribution >= 4 is 17.8 Å². The second-order valence-corrected chi connectivity index (χ2v) is 4.17. The average Bonchev–Trinajstić information content (AvgIpc) is 2.29. The smallest absolute Gasteiger partial charge is 0.497 e. The monoisotopic (exact) mass is 258 g/mol. The number of alkyl halides is 1. The minimum absolute atomic E-state index is 0.0279. The standard InChI is InChI=1S/C12H15ClO4/c1-8(2)11(13)17-12(14)16-10-6-4-9(15-3)5-7-10/h4-8,11H,1-3H3. The van der Waals surface area contributed by atoms with Gasteiger partial charge in [-0.15, -0.1) is 0 Å². The van der Waals surface area contributed by atoms with Gasteiger partial charge in [-0.2, -0.15) is 0 Å². The van der Waals surface area contributed by atoms with Gasteiger partial charge in [-0.3, -0.25) is 0 Å². The van der Waals surface area contributed by atoms with Crippen LogP contribution in [0.1, 0.15) is 13.8 Å². The lowest BCUT2D eigenvalue weighted by Gasteiger charge is -2.13. The fourth-order valence-corrected chi connectivity index (χ4v) is 1.06. The van der Waals surface area contributed by atoms with Crippen LogP contribution in [0.25, 0.3) is 0 Å². The number of carbonyl (C=O) groups excluding carboxylic acids is 1. The van der Waals surface area contributed by atoms with Gasteiger partial charge in [-0.05, 0) is 24.3 Å². The first-order valence-electron chi connectivity index (χ1n) is 5.19. The first kappa shape index (κ1) is 13.6. The molecule has 0 bridgehead atoms. The number of benzene rings is 1. The highest BCUT2D eigenvalue weighted by atomic mass is 35.5. The summed E-state index contributed by atoms with van der Waals surface area (Å²) in [6, 6.07) is 6.59. The van der Waals surface area contributed by atoms with E-state index >= 15 is 0 Å². The summed E-state index contributed by atoms with van der Waals surface area (Å²) in [4.78, 5) is 11.3. The van der Waals surface area contributed by atoms with E-state index in [0.29, 0.717) is 11.5 Å². The maximum absolute atomic E-state index is 11.3. The second kappa shape index (κ2) is 6.35. The summed E-state index contributed by atoms with van der Waals surface area (Å²) in [5.74, 6) is 1.09. The quantitative estimate of drug-likeness (QED) is 0.471. The minimum Gasteiger partial charge on any atom is -0.497 e. The number of rotatable bonds is 4. The van der Waals surface area contributed by atoms with Crippen molar-refractivity contribution in [2.75, 3.05) is 7.11 Å². The molecule has 1 aromatic rings. The summed E-state index contributed by atoms with van der Waals surface area (Å²) in [6.45, 7) is 3.69.